The highest BCUT2D eigenvalue weighted by atomic mass is 31.0. The van der Waals surface area contributed by atoms with E-state index < -0.39 is 0 Å². The predicted octanol–water partition coefficient (Wildman–Crippen LogP) is 5.34. The summed E-state index contributed by atoms with van der Waals surface area (Å²) in [6.07, 6.45) is 11.1. The molecule has 1 unspecified atom stereocenters. The van der Waals surface area contributed by atoms with E-state index in [9.17, 15) is 4.79 Å². The molecule has 0 radical (unpaired) electrons. The maximum Gasteiger partial charge on any atom is 0.304 e. The van der Waals surface area contributed by atoms with Gasteiger partial charge in [0.2, 0.25) is 0 Å². The molecule has 0 fully saturated rings. The monoisotopic (exact) mass is 334 g/mol. The summed E-state index contributed by atoms with van der Waals surface area (Å²) in [4.78, 5) is 9.57. The van der Waals surface area contributed by atoms with Gasteiger partial charge >= 0.3 is 5.97 Å². The number of unbranched alkanes of at least 4 members (excludes halogenated alkanes) is 4. The average molecular weight is 335 g/mol. The molecular weight excluding hydrogens is 293 g/mol. The van der Waals surface area contributed by atoms with E-state index in [0.29, 0.717) is 0 Å². The maximum atomic E-state index is 9.57. The zero-order valence-corrected chi connectivity index (χ0v) is 17.0. The molecule has 3 nitrogen and oxygen atoms in total. The van der Waals surface area contributed by atoms with Crippen molar-refractivity contribution in [1.82, 2.24) is 0 Å². The van der Waals surface area contributed by atoms with Gasteiger partial charge in [-0.05, 0) is 25.7 Å². The van der Waals surface area contributed by atoms with Gasteiger partial charge in [-0.15, -0.1) is 0 Å². The summed E-state index contributed by atoms with van der Waals surface area (Å²) >= 11 is 0. The molecule has 0 amide bonds. The molecule has 22 heavy (non-hydrogen) atoms. The molecule has 0 N–H and O–H groups in total. The van der Waals surface area contributed by atoms with E-state index in [2.05, 4.69) is 32.2 Å². The molecule has 0 aliphatic rings. The minimum absolute atomic E-state index is 0.282. The summed E-state index contributed by atoms with van der Waals surface area (Å²) < 4.78 is 5.45. The van der Waals surface area contributed by atoms with Crippen molar-refractivity contribution < 1.29 is 13.8 Å². The van der Waals surface area contributed by atoms with Crippen LogP contribution in [0.2, 0.25) is 0 Å². The van der Waals surface area contributed by atoms with Crippen molar-refractivity contribution in [2.45, 2.75) is 86.0 Å². The van der Waals surface area contributed by atoms with Crippen LogP contribution in [0.25, 0.3) is 0 Å². The Labute approximate surface area is 142 Å². The Morgan fingerprint density at radius 2 is 1.00 bits per heavy atom. The van der Waals surface area contributed by atoms with Crippen LogP contribution >= 0.6 is 9.47 Å². The highest BCUT2D eigenvalue weighted by Gasteiger charge is 2.24. The van der Waals surface area contributed by atoms with E-state index in [-0.39, 0.29) is 5.97 Å². The van der Waals surface area contributed by atoms with E-state index in [1.807, 2.05) is 9.47 Å². The average Bonchev–Trinajstić information content (AvgIpc) is 2.54. The summed E-state index contributed by atoms with van der Waals surface area (Å²) in [5.74, 6) is -0.282. The summed E-state index contributed by atoms with van der Waals surface area (Å²) in [5.41, 5.74) is 0. The van der Waals surface area contributed by atoms with Gasteiger partial charge in [-0.2, -0.15) is 0 Å². The molecule has 0 aliphatic heterocycles. The van der Waals surface area contributed by atoms with E-state index in [1.54, 1.807) is 0 Å². The minimum atomic E-state index is -0.282. The molecular formula is C18H41NO2P+. The van der Waals surface area contributed by atoms with Gasteiger partial charge in [0.1, 0.15) is 0 Å². The molecule has 0 aromatic rings. The number of nitrogens with zero attached hydrogens (tertiary/aromatic N) is 1. The first kappa shape index (κ1) is 24.1. The number of hydrogen-bond donors (Lipinski definition) is 0. The van der Waals surface area contributed by atoms with Crippen LogP contribution in [0.5, 0.6) is 0 Å². The molecule has 0 saturated heterocycles. The number of rotatable bonds is 12. The highest BCUT2D eigenvalue weighted by molar-refractivity contribution is 7.10. The van der Waals surface area contributed by atoms with Gasteiger partial charge in [0.05, 0.1) is 35.6 Å². The lowest BCUT2D eigenvalue weighted by Gasteiger charge is -2.39. The molecule has 0 heterocycles. The Morgan fingerprint density at radius 3 is 1.14 bits per heavy atom. The van der Waals surface area contributed by atoms with E-state index in [4.69, 9.17) is 0 Å². The Kier molecular flexibility index (Phi) is 18.9. The fraction of sp³-hybridized carbons (Fsp3) is 0.944. The second-order valence-electron chi connectivity index (χ2n) is 6.26. The predicted molar refractivity (Wildman–Crippen MR) is 101 cm³/mol. The third-order valence-corrected chi connectivity index (χ3v) is 4.44. The van der Waals surface area contributed by atoms with Crippen LogP contribution in [0.1, 0.15) is 86.0 Å². The normalized spacial score (nSPS) is 10.8. The lowest BCUT2D eigenvalue weighted by molar-refractivity contribution is -0.929. The van der Waals surface area contributed by atoms with Crippen molar-refractivity contribution in [3.05, 3.63) is 0 Å². The summed E-state index contributed by atoms with van der Waals surface area (Å²) in [6.45, 7) is 16.4. The van der Waals surface area contributed by atoms with Crippen molar-refractivity contribution in [2.24, 2.45) is 0 Å². The van der Waals surface area contributed by atoms with Crippen LogP contribution in [0.15, 0.2) is 0 Å². The van der Waals surface area contributed by atoms with E-state index >= 15 is 0 Å². The lowest BCUT2D eigenvalue weighted by atomic mass is 10.1. The lowest BCUT2D eigenvalue weighted by Crippen LogP contribution is -2.50. The second-order valence-corrected chi connectivity index (χ2v) is 6.50. The van der Waals surface area contributed by atoms with Gasteiger partial charge in [-0.3, -0.25) is 4.79 Å². The highest BCUT2D eigenvalue weighted by Crippen LogP contribution is 2.16. The van der Waals surface area contributed by atoms with Gasteiger partial charge in [0.25, 0.3) is 0 Å². The van der Waals surface area contributed by atoms with Gasteiger partial charge in [0.15, 0.2) is 0 Å². The number of hydrogen-bond acceptors (Lipinski definition) is 2. The third kappa shape index (κ3) is 14.8. The first-order valence-electron chi connectivity index (χ1n) is 9.24. The van der Waals surface area contributed by atoms with Gasteiger partial charge < -0.3 is 9.01 Å². The Morgan fingerprint density at radius 1 is 0.773 bits per heavy atom. The molecule has 0 aromatic carbocycles. The van der Waals surface area contributed by atoms with Gasteiger partial charge in [-0.1, -0.05) is 53.4 Å². The zero-order valence-electron chi connectivity index (χ0n) is 15.8. The van der Waals surface area contributed by atoms with Crippen LogP contribution in [0, 0.1) is 0 Å². The van der Waals surface area contributed by atoms with Crippen molar-refractivity contribution in [3.8, 4) is 0 Å². The fourth-order valence-electron chi connectivity index (χ4n) is 2.64. The SMILES string of the molecule is CC(=O)OP.CCCC[N+](CCCC)(CCCC)CCCC. The first-order chi connectivity index (χ1) is 10.5. The van der Waals surface area contributed by atoms with Gasteiger partial charge in [0, 0.05) is 6.92 Å². The molecule has 0 aliphatic carbocycles. The van der Waals surface area contributed by atoms with Crippen molar-refractivity contribution in [3.63, 3.8) is 0 Å². The maximum absolute atomic E-state index is 9.57. The van der Waals surface area contributed by atoms with E-state index in [1.165, 1.54) is 89.0 Å². The topological polar surface area (TPSA) is 26.3 Å². The molecule has 0 aromatic heterocycles. The van der Waals surface area contributed by atoms with Crippen LogP contribution in [-0.4, -0.2) is 36.6 Å². The molecule has 1 atom stereocenters. The van der Waals surface area contributed by atoms with Gasteiger partial charge in [-0.25, -0.2) is 0 Å². The number of quaternary nitrogens is 1. The van der Waals surface area contributed by atoms with Crippen LogP contribution in [0.3, 0.4) is 0 Å². The first-order valence-corrected chi connectivity index (χ1v) is 9.71. The smallest absolute Gasteiger partial charge is 0.304 e. The summed E-state index contributed by atoms with van der Waals surface area (Å²) in [5, 5.41) is 0. The standard InChI is InChI=1S/C16H36N.C2H5O2P/c1-5-9-13-17(14-10-6-2,15-11-7-3)16-12-8-4;1-2(3)4-5/h5-16H2,1-4H3;5H2,1H3/q+1;. The Balaban J connectivity index is 0. The largest absolute Gasteiger partial charge is 0.452 e. The van der Waals surface area contributed by atoms with Crippen molar-refractivity contribution >= 4 is 15.4 Å². The molecule has 0 rings (SSSR count). The molecule has 0 saturated carbocycles. The van der Waals surface area contributed by atoms with Crippen molar-refractivity contribution in [2.75, 3.05) is 26.2 Å². The quantitative estimate of drug-likeness (QED) is 0.355. The minimum Gasteiger partial charge on any atom is -0.452 e. The molecule has 0 bridgehead atoms. The molecule has 0 spiro atoms. The number of carbonyl (C=O) groups excluding carboxylic acids is 1. The summed E-state index contributed by atoms with van der Waals surface area (Å²) in [6, 6.07) is 0. The van der Waals surface area contributed by atoms with Crippen molar-refractivity contribution in [1.29, 1.82) is 0 Å². The molecule has 4 heteroatoms. The van der Waals surface area contributed by atoms with E-state index in [0.717, 1.165) is 0 Å². The summed E-state index contributed by atoms with van der Waals surface area (Å²) in [7, 11) is 1.84. The van der Waals surface area contributed by atoms with Crippen LogP contribution in [0.4, 0.5) is 0 Å². The fourth-order valence-corrected chi connectivity index (χ4v) is 2.64. The second kappa shape index (κ2) is 17.2. The number of carbonyl (C=O) groups is 1. The Bertz CT molecular complexity index is 210. The molecule has 134 valence electrons. The zero-order chi connectivity index (χ0) is 17.3. The van der Waals surface area contributed by atoms with Crippen LogP contribution < -0.4 is 0 Å². The third-order valence-electron chi connectivity index (χ3n) is 4.11. The van der Waals surface area contributed by atoms with Crippen LogP contribution in [-0.2, 0) is 9.32 Å². The Hall–Kier alpha value is -0.140.